The number of nitrogens with zero attached hydrogens (tertiary/aromatic N) is 1. The Morgan fingerprint density at radius 1 is 1.42 bits per heavy atom. The third-order valence-electron chi connectivity index (χ3n) is 2.20. The number of rotatable bonds is 2. The van der Waals surface area contributed by atoms with Crippen molar-refractivity contribution in [3.05, 3.63) is 14.5 Å². The first-order chi connectivity index (χ1) is 4.83. The van der Waals surface area contributed by atoms with Crippen molar-refractivity contribution in [2.24, 2.45) is 5.92 Å². The van der Waals surface area contributed by atoms with Crippen LogP contribution in [0, 0.1) is 20.4 Å². The summed E-state index contributed by atoms with van der Waals surface area (Å²) < 4.78 is 0. The summed E-state index contributed by atoms with van der Waals surface area (Å²) in [4.78, 5) is 2.16. The summed E-state index contributed by atoms with van der Waals surface area (Å²) in [6, 6.07) is 0. The summed E-state index contributed by atoms with van der Waals surface area (Å²) in [5, 5.41) is 3.21. The van der Waals surface area contributed by atoms with Crippen LogP contribution in [0.15, 0.2) is 0 Å². The molecule has 0 amide bonds. The standard InChI is InChI=1S/C8H17N2.CH3.V/c1-9-7-8-3-5-10(2)6-4-8;;/h8-9H,2-7H2,1H3;1H3;/q2*-1;+2. The molecule has 1 saturated heterocycles. The Morgan fingerprint density at radius 2 is 1.92 bits per heavy atom. The van der Waals surface area contributed by atoms with Crippen molar-refractivity contribution in [3.8, 4) is 0 Å². The van der Waals surface area contributed by atoms with Gasteiger partial charge in [-0.1, -0.05) is 0 Å². The first-order valence-electron chi connectivity index (χ1n) is 4.03. The average Bonchev–Trinajstić information content (AvgIpc) is 1.95. The van der Waals surface area contributed by atoms with Gasteiger partial charge in [-0.3, -0.25) is 7.05 Å². The summed E-state index contributed by atoms with van der Waals surface area (Å²) in [6.07, 6.45) is 2.62. The van der Waals surface area contributed by atoms with Gasteiger partial charge in [0.2, 0.25) is 0 Å². The fourth-order valence-electron chi connectivity index (χ4n) is 1.48. The Kier molecular flexibility index (Phi) is 10.1. The van der Waals surface area contributed by atoms with Gasteiger partial charge in [-0.25, -0.2) is 0 Å². The van der Waals surface area contributed by atoms with Crippen LogP contribution in [0.2, 0.25) is 0 Å². The van der Waals surface area contributed by atoms with Crippen molar-refractivity contribution in [1.82, 2.24) is 10.2 Å². The van der Waals surface area contributed by atoms with E-state index in [1.807, 2.05) is 7.05 Å². The number of hydrogen-bond acceptors (Lipinski definition) is 2. The molecule has 0 unspecified atom stereocenters. The van der Waals surface area contributed by atoms with Crippen LogP contribution >= 0.6 is 0 Å². The molecule has 1 aliphatic heterocycles. The molecule has 0 aromatic rings. The zero-order valence-corrected chi connectivity index (χ0v) is 9.61. The fraction of sp³-hybridized carbons (Fsp3) is 0.778. The van der Waals surface area contributed by atoms with Gasteiger partial charge in [-0.05, 0) is 45.4 Å². The fourth-order valence-corrected chi connectivity index (χ4v) is 1.48. The zero-order chi connectivity index (χ0) is 7.40. The van der Waals surface area contributed by atoms with Gasteiger partial charge in [0.1, 0.15) is 0 Å². The predicted octanol–water partition coefficient (Wildman–Crippen LogP) is 1.16. The van der Waals surface area contributed by atoms with E-state index in [0.29, 0.717) is 0 Å². The van der Waals surface area contributed by atoms with Crippen molar-refractivity contribution >= 4 is 0 Å². The number of hydrogen-bond donors (Lipinski definition) is 1. The van der Waals surface area contributed by atoms with Crippen molar-refractivity contribution in [1.29, 1.82) is 0 Å². The van der Waals surface area contributed by atoms with Crippen molar-refractivity contribution < 1.29 is 18.6 Å². The molecule has 1 heterocycles. The van der Waals surface area contributed by atoms with Gasteiger partial charge in [-0.2, -0.15) is 0 Å². The van der Waals surface area contributed by atoms with Gasteiger partial charge in [0, 0.05) is 0 Å². The number of piperidine rings is 1. The molecule has 1 fully saturated rings. The molecule has 1 rings (SSSR count). The van der Waals surface area contributed by atoms with Gasteiger partial charge in [0.25, 0.3) is 0 Å². The Balaban J connectivity index is 0. The van der Waals surface area contributed by atoms with Crippen molar-refractivity contribution in [2.75, 3.05) is 26.7 Å². The number of likely N-dealkylation sites (tertiary alicyclic amines) is 1. The monoisotopic (exact) mass is 207 g/mol. The smallest absolute Gasteiger partial charge is 0.459 e. The second kappa shape index (κ2) is 8.12. The van der Waals surface area contributed by atoms with Crippen LogP contribution < -0.4 is 5.32 Å². The summed E-state index contributed by atoms with van der Waals surface area (Å²) in [6.45, 7) is 3.52. The minimum atomic E-state index is 0. The molecule has 0 bridgehead atoms. The topological polar surface area (TPSA) is 15.3 Å². The maximum atomic E-state index is 3.90. The Labute approximate surface area is 89.0 Å². The van der Waals surface area contributed by atoms with E-state index >= 15 is 0 Å². The molecule has 12 heavy (non-hydrogen) atoms. The van der Waals surface area contributed by atoms with E-state index in [2.05, 4.69) is 17.3 Å². The molecule has 71 valence electrons. The molecule has 2 nitrogen and oxygen atoms in total. The Bertz CT molecular complexity index is 90.5. The van der Waals surface area contributed by atoms with E-state index < -0.39 is 0 Å². The maximum absolute atomic E-state index is 3.90. The molecule has 1 N–H and O–H groups in total. The second-order valence-electron chi connectivity index (χ2n) is 3.12. The Hall–Kier alpha value is 0.504. The molecular weight excluding hydrogens is 187 g/mol. The summed E-state index contributed by atoms with van der Waals surface area (Å²) in [5.41, 5.74) is 0. The molecule has 0 atom stereocenters. The molecule has 0 spiro atoms. The van der Waals surface area contributed by atoms with Crippen LogP contribution in [0.4, 0.5) is 0 Å². The average molecular weight is 207 g/mol. The number of nitrogens with one attached hydrogen (secondary N) is 1. The van der Waals surface area contributed by atoms with E-state index in [1.54, 1.807) is 0 Å². The quantitative estimate of drug-likeness (QED) is 0.683. The van der Waals surface area contributed by atoms with Gasteiger partial charge >= 0.3 is 18.6 Å². The van der Waals surface area contributed by atoms with Crippen molar-refractivity contribution in [2.45, 2.75) is 12.8 Å². The van der Waals surface area contributed by atoms with Crippen LogP contribution in [-0.2, 0) is 18.6 Å². The van der Waals surface area contributed by atoms with Crippen LogP contribution in [0.1, 0.15) is 12.8 Å². The van der Waals surface area contributed by atoms with Crippen LogP contribution in [-0.4, -0.2) is 31.6 Å². The Morgan fingerprint density at radius 3 is 2.33 bits per heavy atom. The third-order valence-corrected chi connectivity index (χ3v) is 2.20. The van der Waals surface area contributed by atoms with Crippen molar-refractivity contribution in [3.63, 3.8) is 0 Å². The molecule has 0 aromatic heterocycles. The van der Waals surface area contributed by atoms with E-state index in [-0.39, 0.29) is 26.0 Å². The molecule has 0 aliphatic carbocycles. The summed E-state index contributed by atoms with van der Waals surface area (Å²) in [7, 11) is 5.93. The molecule has 3 heteroatoms. The molecule has 0 saturated carbocycles. The van der Waals surface area contributed by atoms with E-state index in [4.69, 9.17) is 0 Å². The maximum Gasteiger partial charge on any atom is 2.00 e. The minimum absolute atomic E-state index is 0. The largest absolute Gasteiger partial charge is 2.00 e. The first kappa shape index (κ1) is 15.0. The summed E-state index contributed by atoms with van der Waals surface area (Å²) >= 11 is 0. The van der Waals surface area contributed by atoms with Crippen LogP contribution in [0.5, 0.6) is 0 Å². The van der Waals surface area contributed by atoms with Gasteiger partial charge < -0.3 is 17.6 Å². The van der Waals surface area contributed by atoms with E-state index in [1.165, 1.54) is 32.5 Å². The molecule has 1 aliphatic rings. The SMILES string of the molecule is [CH2-]N1CCC(CNC)CC1.[CH3-].[V+2]. The zero-order valence-electron chi connectivity index (χ0n) is 8.21. The van der Waals surface area contributed by atoms with Gasteiger partial charge in [0.15, 0.2) is 0 Å². The molecular formula is C9H20N2V. The van der Waals surface area contributed by atoms with E-state index in [0.717, 1.165) is 5.92 Å². The third kappa shape index (κ3) is 5.20. The molecule has 0 aromatic carbocycles. The first-order valence-corrected chi connectivity index (χ1v) is 4.03. The van der Waals surface area contributed by atoms with Gasteiger partial charge in [0.05, 0.1) is 0 Å². The summed E-state index contributed by atoms with van der Waals surface area (Å²) in [5.74, 6) is 0.892. The minimum Gasteiger partial charge on any atom is -0.459 e. The molecule has 1 radical (unpaired) electrons. The van der Waals surface area contributed by atoms with Crippen LogP contribution in [0.25, 0.3) is 0 Å². The normalized spacial score (nSPS) is 19.5. The van der Waals surface area contributed by atoms with E-state index in [9.17, 15) is 0 Å². The van der Waals surface area contributed by atoms with Crippen LogP contribution in [0.3, 0.4) is 0 Å². The second-order valence-corrected chi connectivity index (χ2v) is 3.12. The van der Waals surface area contributed by atoms with Gasteiger partial charge in [-0.15, -0.1) is 0 Å². The predicted molar refractivity (Wildman–Crippen MR) is 50.0 cm³/mol.